The van der Waals surface area contributed by atoms with Crippen LogP contribution in [0.15, 0.2) is 18.2 Å². The van der Waals surface area contributed by atoms with Gasteiger partial charge in [-0.25, -0.2) is 22.4 Å². The molecule has 0 aromatic heterocycles. The fourth-order valence-electron chi connectivity index (χ4n) is 2.10. The smallest absolute Gasteiger partial charge is 0.340 e. The number of sulfone groups is 1. The lowest BCUT2D eigenvalue weighted by molar-refractivity contribution is 0.0693. The van der Waals surface area contributed by atoms with Crippen LogP contribution >= 0.6 is 0 Å². The number of urea groups is 1. The van der Waals surface area contributed by atoms with E-state index in [4.69, 9.17) is 5.11 Å². The van der Waals surface area contributed by atoms with E-state index in [0.29, 0.717) is 6.42 Å². The van der Waals surface area contributed by atoms with Crippen LogP contribution in [0.5, 0.6) is 0 Å². The number of aromatic carboxylic acids is 1. The summed E-state index contributed by atoms with van der Waals surface area (Å²) in [5, 5.41) is 13.6. The molecule has 7 nitrogen and oxygen atoms in total. The summed E-state index contributed by atoms with van der Waals surface area (Å²) in [6, 6.07) is 2.17. The average Bonchev–Trinajstić information content (AvgIpc) is 2.67. The van der Waals surface area contributed by atoms with Crippen LogP contribution < -0.4 is 10.6 Å². The predicted molar refractivity (Wildman–Crippen MR) is 72.6 cm³/mol. The van der Waals surface area contributed by atoms with E-state index in [1.165, 1.54) is 12.1 Å². The van der Waals surface area contributed by atoms with E-state index in [2.05, 4.69) is 10.6 Å². The molecule has 1 heterocycles. The fourth-order valence-corrected chi connectivity index (χ4v) is 3.77. The molecule has 2 amide bonds. The summed E-state index contributed by atoms with van der Waals surface area (Å²) in [5.74, 6) is -2.64. The molecule has 1 atom stereocenters. The Morgan fingerprint density at radius 3 is 2.62 bits per heavy atom. The van der Waals surface area contributed by atoms with E-state index in [0.717, 1.165) is 6.07 Å². The molecule has 1 fully saturated rings. The third kappa shape index (κ3) is 3.69. The monoisotopic (exact) mass is 316 g/mol. The Balaban J connectivity index is 2.07. The summed E-state index contributed by atoms with van der Waals surface area (Å²) in [4.78, 5) is 22.7. The zero-order valence-corrected chi connectivity index (χ0v) is 11.6. The highest BCUT2D eigenvalue weighted by Crippen LogP contribution is 2.19. The standard InChI is InChI=1S/C12H13FN2O5S/c13-8-2-1-3-9(10(8)11(16)17)15-12(18)14-7-4-5-21(19,20)6-7/h1-3,7H,4-6H2,(H,16,17)(H2,14,15,18). The van der Waals surface area contributed by atoms with E-state index in [1.807, 2.05) is 0 Å². The second kappa shape index (κ2) is 5.68. The van der Waals surface area contributed by atoms with Gasteiger partial charge >= 0.3 is 12.0 Å². The van der Waals surface area contributed by atoms with Crippen molar-refractivity contribution in [1.82, 2.24) is 5.32 Å². The zero-order chi connectivity index (χ0) is 15.6. The average molecular weight is 316 g/mol. The molecule has 1 aromatic carbocycles. The Morgan fingerprint density at radius 2 is 2.05 bits per heavy atom. The summed E-state index contributed by atoms with van der Waals surface area (Å²) in [6.07, 6.45) is 0.296. The molecule has 9 heteroatoms. The van der Waals surface area contributed by atoms with Gasteiger partial charge in [-0.15, -0.1) is 0 Å². The molecule has 3 N–H and O–H groups in total. The molecular formula is C12H13FN2O5S. The first kappa shape index (κ1) is 15.2. The van der Waals surface area contributed by atoms with Crippen LogP contribution in [-0.2, 0) is 9.84 Å². The van der Waals surface area contributed by atoms with Crippen LogP contribution in [-0.4, -0.2) is 43.1 Å². The van der Waals surface area contributed by atoms with Crippen LogP contribution in [0.3, 0.4) is 0 Å². The molecule has 114 valence electrons. The predicted octanol–water partition coefficient (Wildman–Crippen LogP) is 0.833. The number of hydrogen-bond acceptors (Lipinski definition) is 4. The summed E-state index contributed by atoms with van der Waals surface area (Å²) in [7, 11) is -3.14. The SMILES string of the molecule is O=C(Nc1cccc(F)c1C(=O)O)NC1CCS(=O)(=O)C1. The van der Waals surface area contributed by atoms with Crippen molar-refractivity contribution >= 4 is 27.5 Å². The first-order valence-corrected chi connectivity index (χ1v) is 7.90. The second-order valence-electron chi connectivity index (χ2n) is 4.67. The lowest BCUT2D eigenvalue weighted by Crippen LogP contribution is -2.38. The van der Waals surface area contributed by atoms with Crippen LogP contribution in [0.1, 0.15) is 16.8 Å². The quantitative estimate of drug-likeness (QED) is 0.764. The van der Waals surface area contributed by atoms with Gasteiger partial charge in [0.2, 0.25) is 0 Å². The number of hydrogen-bond donors (Lipinski definition) is 3. The van der Waals surface area contributed by atoms with Gasteiger partial charge in [0.1, 0.15) is 11.4 Å². The van der Waals surface area contributed by atoms with Crippen molar-refractivity contribution in [2.24, 2.45) is 0 Å². The molecule has 0 bridgehead atoms. The molecule has 0 spiro atoms. The first-order valence-electron chi connectivity index (χ1n) is 6.08. The van der Waals surface area contributed by atoms with Crippen LogP contribution in [0.2, 0.25) is 0 Å². The molecule has 1 aliphatic rings. The lowest BCUT2D eigenvalue weighted by Gasteiger charge is -2.13. The van der Waals surface area contributed by atoms with Gasteiger partial charge < -0.3 is 15.7 Å². The Bertz CT molecular complexity index is 689. The maximum absolute atomic E-state index is 13.4. The second-order valence-corrected chi connectivity index (χ2v) is 6.89. The maximum Gasteiger partial charge on any atom is 0.340 e. The van der Waals surface area contributed by atoms with Gasteiger partial charge in [-0.05, 0) is 18.6 Å². The third-order valence-electron chi connectivity index (χ3n) is 3.04. The minimum Gasteiger partial charge on any atom is -0.478 e. The van der Waals surface area contributed by atoms with Gasteiger partial charge in [0, 0.05) is 6.04 Å². The number of carboxylic acids is 1. The van der Waals surface area contributed by atoms with Gasteiger partial charge in [0.15, 0.2) is 9.84 Å². The number of halogens is 1. The van der Waals surface area contributed by atoms with Crippen molar-refractivity contribution < 1.29 is 27.5 Å². The summed E-state index contributed by atoms with van der Waals surface area (Å²) in [5.41, 5.74) is -0.840. The molecule has 1 unspecified atom stereocenters. The van der Waals surface area contributed by atoms with E-state index in [9.17, 15) is 22.4 Å². The molecule has 1 saturated heterocycles. The lowest BCUT2D eigenvalue weighted by atomic mass is 10.1. The van der Waals surface area contributed by atoms with Crippen molar-refractivity contribution in [3.63, 3.8) is 0 Å². The van der Waals surface area contributed by atoms with Crippen molar-refractivity contribution in [2.75, 3.05) is 16.8 Å². The highest BCUT2D eigenvalue weighted by Gasteiger charge is 2.29. The number of anilines is 1. The number of benzene rings is 1. The number of carbonyl (C=O) groups is 2. The van der Waals surface area contributed by atoms with E-state index >= 15 is 0 Å². The Morgan fingerprint density at radius 1 is 1.33 bits per heavy atom. The normalized spacial score (nSPS) is 20.0. The topological polar surface area (TPSA) is 113 Å². The van der Waals surface area contributed by atoms with Gasteiger partial charge in [0.25, 0.3) is 0 Å². The van der Waals surface area contributed by atoms with Crippen molar-refractivity contribution in [3.05, 3.63) is 29.6 Å². The van der Waals surface area contributed by atoms with Crippen molar-refractivity contribution in [3.8, 4) is 0 Å². The number of nitrogens with one attached hydrogen (secondary N) is 2. The minimum absolute atomic E-state index is 0.00170. The Hall–Kier alpha value is -2.16. The first-order chi connectivity index (χ1) is 9.78. The van der Waals surface area contributed by atoms with Gasteiger partial charge in [-0.1, -0.05) is 6.07 Å². The highest BCUT2D eigenvalue weighted by atomic mass is 32.2. The van der Waals surface area contributed by atoms with Crippen LogP contribution in [0.4, 0.5) is 14.9 Å². The number of carbonyl (C=O) groups excluding carboxylic acids is 1. The summed E-state index contributed by atoms with van der Waals surface area (Å²) < 4.78 is 36.0. The molecule has 21 heavy (non-hydrogen) atoms. The molecular weight excluding hydrogens is 303 g/mol. The van der Waals surface area contributed by atoms with Gasteiger partial charge in [-0.2, -0.15) is 0 Å². The summed E-state index contributed by atoms with van der Waals surface area (Å²) in [6.45, 7) is 0. The molecule has 1 aromatic rings. The molecule has 2 rings (SSSR count). The highest BCUT2D eigenvalue weighted by molar-refractivity contribution is 7.91. The van der Waals surface area contributed by atoms with E-state index < -0.39 is 39.3 Å². The minimum atomic E-state index is -3.14. The van der Waals surface area contributed by atoms with E-state index in [1.54, 1.807) is 0 Å². The van der Waals surface area contributed by atoms with E-state index in [-0.39, 0.29) is 17.2 Å². The Kier molecular flexibility index (Phi) is 4.12. The molecule has 1 aliphatic heterocycles. The number of rotatable bonds is 3. The fraction of sp³-hybridized carbons (Fsp3) is 0.333. The van der Waals surface area contributed by atoms with Crippen molar-refractivity contribution in [2.45, 2.75) is 12.5 Å². The maximum atomic E-state index is 13.4. The van der Waals surface area contributed by atoms with Gasteiger partial charge in [0.05, 0.1) is 17.2 Å². The van der Waals surface area contributed by atoms with Crippen LogP contribution in [0.25, 0.3) is 0 Å². The van der Waals surface area contributed by atoms with Crippen LogP contribution in [0, 0.1) is 5.82 Å². The largest absolute Gasteiger partial charge is 0.478 e. The molecule has 0 saturated carbocycles. The Labute approximate surface area is 120 Å². The summed E-state index contributed by atoms with van der Waals surface area (Å²) >= 11 is 0. The number of amides is 2. The zero-order valence-electron chi connectivity index (χ0n) is 10.8. The van der Waals surface area contributed by atoms with Crippen molar-refractivity contribution in [1.29, 1.82) is 0 Å². The molecule has 0 radical (unpaired) electrons. The number of carboxylic acid groups (broad SMARTS) is 1. The van der Waals surface area contributed by atoms with Gasteiger partial charge in [-0.3, -0.25) is 0 Å². The third-order valence-corrected chi connectivity index (χ3v) is 4.81. The molecule has 0 aliphatic carbocycles.